The number of hydrogen-bond acceptors (Lipinski definition) is 2. The molecule has 1 aromatic carbocycles. The van der Waals surface area contributed by atoms with Gasteiger partial charge in [0.25, 0.3) is 0 Å². The van der Waals surface area contributed by atoms with Crippen LogP contribution in [-0.4, -0.2) is 18.2 Å². The van der Waals surface area contributed by atoms with E-state index in [1.54, 1.807) is 0 Å². The molecule has 106 valence electrons. The van der Waals surface area contributed by atoms with E-state index in [1.165, 1.54) is 5.56 Å². The van der Waals surface area contributed by atoms with Gasteiger partial charge in [-0.15, -0.1) is 0 Å². The monoisotopic (exact) mass is 279 g/mol. The van der Waals surface area contributed by atoms with Crippen LogP contribution in [-0.2, 0) is 11.2 Å². The number of benzene rings is 1. The number of ether oxygens (including phenoxy) is 1. The molecule has 0 aliphatic heterocycles. The molecular formula is C16H25NOS. The minimum Gasteiger partial charge on any atom is -0.393 e. The molecule has 3 heteroatoms. The highest BCUT2D eigenvalue weighted by atomic mass is 32.1. The molecule has 0 radical (unpaired) electrons. The highest BCUT2D eigenvalue weighted by molar-refractivity contribution is 7.80. The summed E-state index contributed by atoms with van der Waals surface area (Å²) in [5.74, 6) is 0. The lowest BCUT2D eigenvalue weighted by Gasteiger charge is -2.22. The third kappa shape index (κ3) is 6.69. The Kier molecular flexibility index (Phi) is 7.03. The normalized spacial score (nSPS) is 11.5. The number of thiocarbonyl (C=S) groups is 1. The number of rotatable bonds is 9. The third-order valence-corrected chi connectivity index (χ3v) is 3.91. The van der Waals surface area contributed by atoms with Crippen molar-refractivity contribution in [3.63, 3.8) is 0 Å². The molecule has 0 aliphatic carbocycles. The lowest BCUT2D eigenvalue weighted by molar-refractivity contribution is 0.123. The van der Waals surface area contributed by atoms with Crippen LogP contribution in [0, 0.1) is 5.41 Å². The van der Waals surface area contributed by atoms with E-state index in [-0.39, 0.29) is 5.41 Å². The molecule has 0 amide bonds. The van der Waals surface area contributed by atoms with Crippen LogP contribution in [0.5, 0.6) is 0 Å². The smallest absolute Gasteiger partial charge is 0.0784 e. The fourth-order valence-electron chi connectivity index (χ4n) is 1.86. The second-order valence-corrected chi connectivity index (χ2v) is 5.99. The fraction of sp³-hybridized carbons (Fsp3) is 0.562. The molecule has 0 unspecified atom stereocenters. The van der Waals surface area contributed by atoms with Gasteiger partial charge in [0.1, 0.15) is 0 Å². The first-order valence-electron chi connectivity index (χ1n) is 6.94. The minimum atomic E-state index is -0.0528. The van der Waals surface area contributed by atoms with Crippen molar-refractivity contribution in [1.29, 1.82) is 0 Å². The Morgan fingerprint density at radius 3 is 2.42 bits per heavy atom. The highest BCUT2D eigenvalue weighted by Crippen LogP contribution is 2.22. The number of nitrogens with two attached hydrogens (primary N) is 1. The SMILES string of the molecule is CC(C)(CCCOCCCc1ccccc1)C(N)=S. The van der Waals surface area contributed by atoms with E-state index in [2.05, 4.69) is 38.1 Å². The molecule has 0 spiro atoms. The molecule has 0 bridgehead atoms. The van der Waals surface area contributed by atoms with E-state index in [0.29, 0.717) is 4.99 Å². The van der Waals surface area contributed by atoms with E-state index >= 15 is 0 Å². The predicted octanol–water partition coefficient (Wildman–Crippen LogP) is 3.73. The van der Waals surface area contributed by atoms with Gasteiger partial charge in [0.2, 0.25) is 0 Å². The van der Waals surface area contributed by atoms with Gasteiger partial charge in [-0.25, -0.2) is 0 Å². The van der Waals surface area contributed by atoms with Gasteiger partial charge in [0.05, 0.1) is 4.99 Å². The minimum absolute atomic E-state index is 0.0528. The quantitative estimate of drug-likeness (QED) is 0.552. The van der Waals surface area contributed by atoms with Crippen LogP contribution >= 0.6 is 12.2 Å². The first kappa shape index (κ1) is 16.1. The topological polar surface area (TPSA) is 35.2 Å². The molecule has 2 nitrogen and oxygen atoms in total. The summed E-state index contributed by atoms with van der Waals surface area (Å²) in [7, 11) is 0. The van der Waals surface area contributed by atoms with E-state index in [4.69, 9.17) is 22.7 Å². The van der Waals surface area contributed by atoms with Crippen molar-refractivity contribution in [3.8, 4) is 0 Å². The van der Waals surface area contributed by atoms with Crippen molar-refractivity contribution in [3.05, 3.63) is 35.9 Å². The second-order valence-electron chi connectivity index (χ2n) is 5.55. The Hall–Kier alpha value is -0.930. The van der Waals surface area contributed by atoms with Gasteiger partial charge in [0.15, 0.2) is 0 Å². The molecule has 0 aliphatic rings. The van der Waals surface area contributed by atoms with Crippen LogP contribution in [0.15, 0.2) is 30.3 Å². The fourth-order valence-corrected chi connectivity index (χ4v) is 1.97. The Bertz CT molecular complexity index is 376. The number of hydrogen-bond donors (Lipinski definition) is 1. The lowest BCUT2D eigenvalue weighted by atomic mass is 9.88. The van der Waals surface area contributed by atoms with Crippen molar-refractivity contribution in [1.82, 2.24) is 0 Å². The van der Waals surface area contributed by atoms with Gasteiger partial charge in [-0.05, 0) is 31.2 Å². The summed E-state index contributed by atoms with van der Waals surface area (Å²) in [6.45, 7) is 5.79. The van der Waals surface area contributed by atoms with E-state index < -0.39 is 0 Å². The maximum atomic E-state index is 5.69. The maximum absolute atomic E-state index is 5.69. The average Bonchev–Trinajstić information content (AvgIpc) is 2.38. The predicted molar refractivity (Wildman–Crippen MR) is 85.4 cm³/mol. The van der Waals surface area contributed by atoms with E-state index in [0.717, 1.165) is 38.9 Å². The van der Waals surface area contributed by atoms with Gasteiger partial charge in [-0.1, -0.05) is 56.4 Å². The van der Waals surface area contributed by atoms with Crippen LogP contribution in [0.25, 0.3) is 0 Å². The highest BCUT2D eigenvalue weighted by Gasteiger charge is 2.20. The molecular weight excluding hydrogens is 254 g/mol. The van der Waals surface area contributed by atoms with E-state index in [9.17, 15) is 0 Å². The molecule has 0 atom stereocenters. The molecule has 0 fully saturated rings. The van der Waals surface area contributed by atoms with Gasteiger partial charge in [0, 0.05) is 18.6 Å². The maximum Gasteiger partial charge on any atom is 0.0784 e. The average molecular weight is 279 g/mol. The van der Waals surface area contributed by atoms with E-state index in [1.807, 2.05) is 6.07 Å². The van der Waals surface area contributed by atoms with Gasteiger partial charge < -0.3 is 10.5 Å². The Morgan fingerprint density at radius 1 is 1.16 bits per heavy atom. The summed E-state index contributed by atoms with van der Waals surface area (Å²) in [5.41, 5.74) is 7.01. The summed E-state index contributed by atoms with van der Waals surface area (Å²) in [4.78, 5) is 0.594. The summed E-state index contributed by atoms with van der Waals surface area (Å²) in [6.07, 6.45) is 4.15. The summed E-state index contributed by atoms with van der Waals surface area (Å²) >= 11 is 5.04. The van der Waals surface area contributed by atoms with Crippen LogP contribution in [0.4, 0.5) is 0 Å². The zero-order valence-electron chi connectivity index (χ0n) is 12.0. The lowest BCUT2D eigenvalue weighted by Crippen LogP contribution is -2.29. The van der Waals surface area contributed by atoms with Crippen LogP contribution in [0.1, 0.15) is 38.7 Å². The Morgan fingerprint density at radius 2 is 1.79 bits per heavy atom. The molecule has 1 rings (SSSR count). The Labute approximate surface area is 122 Å². The van der Waals surface area contributed by atoms with Crippen LogP contribution in [0.3, 0.4) is 0 Å². The standard InChI is InChI=1S/C16H25NOS/c1-16(2,15(17)19)11-7-13-18-12-6-10-14-8-4-3-5-9-14/h3-5,8-9H,6-7,10-13H2,1-2H3,(H2,17,19). The Balaban J connectivity index is 2.02. The molecule has 1 aromatic rings. The molecule has 0 saturated carbocycles. The zero-order chi connectivity index (χ0) is 14.1. The van der Waals surface area contributed by atoms with Gasteiger partial charge in [-0.2, -0.15) is 0 Å². The van der Waals surface area contributed by atoms with Crippen LogP contribution in [0.2, 0.25) is 0 Å². The first-order chi connectivity index (χ1) is 9.02. The third-order valence-electron chi connectivity index (χ3n) is 3.35. The largest absolute Gasteiger partial charge is 0.393 e. The molecule has 0 saturated heterocycles. The number of aryl methyl sites for hydroxylation is 1. The van der Waals surface area contributed by atoms with Crippen molar-refractivity contribution in [2.24, 2.45) is 11.1 Å². The molecule has 0 heterocycles. The van der Waals surface area contributed by atoms with Crippen molar-refractivity contribution in [2.45, 2.75) is 39.5 Å². The zero-order valence-corrected chi connectivity index (χ0v) is 12.8. The van der Waals surface area contributed by atoms with Gasteiger partial charge >= 0.3 is 0 Å². The first-order valence-corrected chi connectivity index (χ1v) is 7.35. The summed E-state index contributed by atoms with van der Waals surface area (Å²) in [5, 5.41) is 0. The van der Waals surface area contributed by atoms with Crippen molar-refractivity contribution >= 4 is 17.2 Å². The molecule has 0 aromatic heterocycles. The second kappa shape index (κ2) is 8.28. The van der Waals surface area contributed by atoms with Crippen molar-refractivity contribution < 1.29 is 4.74 Å². The molecule has 2 N–H and O–H groups in total. The summed E-state index contributed by atoms with van der Waals surface area (Å²) < 4.78 is 5.65. The molecule has 19 heavy (non-hydrogen) atoms. The van der Waals surface area contributed by atoms with Gasteiger partial charge in [-0.3, -0.25) is 0 Å². The van der Waals surface area contributed by atoms with Crippen LogP contribution < -0.4 is 5.73 Å². The van der Waals surface area contributed by atoms with Crippen molar-refractivity contribution in [2.75, 3.05) is 13.2 Å². The summed E-state index contributed by atoms with van der Waals surface area (Å²) in [6, 6.07) is 10.5.